The lowest BCUT2D eigenvalue weighted by Gasteiger charge is -2.10. The number of imidazole rings is 1. The summed E-state index contributed by atoms with van der Waals surface area (Å²) in [5.74, 6) is -0.133. The Morgan fingerprint density at radius 3 is 2.90 bits per heavy atom. The number of carbonyl (C=O) groups excluding carboxylic acids is 1. The molecule has 5 heteroatoms. The lowest BCUT2D eigenvalue weighted by molar-refractivity contribution is -0.114. The van der Waals surface area contributed by atoms with Gasteiger partial charge in [-0.2, -0.15) is 0 Å². The van der Waals surface area contributed by atoms with Crippen molar-refractivity contribution in [1.29, 1.82) is 0 Å². The molecule has 1 N–H and O–H groups in total. The molecule has 0 aliphatic heterocycles. The Balaban J connectivity index is 2.22. The van der Waals surface area contributed by atoms with Crippen LogP contribution in [0.2, 0.25) is 5.02 Å². The van der Waals surface area contributed by atoms with Crippen LogP contribution in [0, 0.1) is 0 Å². The van der Waals surface area contributed by atoms with E-state index in [4.69, 9.17) is 11.6 Å². The maximum atomic E-state index is 11.3. The van der Waals surface area contributed by atoms with Crippen LogP contribution < -0.4 is 5.32 Å². The quantitative estimate of drug-likeness (QED) is 0.782. The van der Waals surface area contributed by atoms with Crippen LogP contribution in [0.1, 0.15) is 6.92 Å². The number of halogens is 1. The van der Waals surface area contributed by atoms with E-state index in [0.717, 1.165) is 11.1 Å². The van der Waals surface area contributed by atoms with Crippen LogP contribution >= 0.6 is 11.6 Å². The van der Waals surface area contributed by atoms with Crippen molar-refractivity contribution in [3.05, 3.63) is 53.9 Å². The van der Waals surface area contributed by atoms with Gasteiger partial charge in [-0.3, -0.25) is 4.79 Å². The van der Waals surface area contributed by atoms with Gasteiger partial charge >= 0.3 is 0 Å². The summed E-state index contributed by atoms with van der Waals surface area (Å²) in [4.78, 5) is 15.6. The van der Waals surface area contributed by atoms with Crippen LogP contribution in [-0.2, 0) is 4.79 Å². The fourth-order valence-electron chi connectivity index (χ4n) is 2.16. The van der Waals surface area contributed by atoms with Crippen molar-refractivity contribution in [3.63, 3.8) is 0 Å². The summed E-state index contributed by atoms with van der Waals surface area (Å²) in [6.07, 6.45) is 5.47. The minimum absolute atomic E-state index is 0.133. The highest BCUT2D eigenvalue weighted by Crippen LogP contribution is 2.30. The van der Waals surface area contributed by atoms with Gasteiger partial charge in [0.25, 0.3) is 0 Å². The molecule has 0 saturated carbocycles. The minimum atomic E-state index is -0.133. The molecule has 1 amide bonds. The highest BCUT2D eigenvalue weighted by molar-refractivity contribution is 6.33. The molecule has 0 fully saturated rings. The van der Waals surface area contributed by atoms with Gasteiger partial charge < -0.3 is 9.72 Å². The van der Waals surface area contributed by atoms with E-state index in [2.05, 4.69) is 10.3 Å². The number of hydrogen-bond donors (Lipinski definition) is 1. The standard InChI is InChI=1S/C15H12ClN3O/c1-10(20)18-14-8-11(9-19-7-6-17-15(14)19)12-4-2-3-5-13(12)16/h2-9H,1H3,(H,18,20). The number of amides is 1. The normalized spacial score (nSPS) is 10.7. The van der Waals surface area contributed by atoms with E-state index in [1.807, 2.05) is 47.1 Å². The molecular formula is C15H12ClN3O. The van der Waals surface area contributed by atoms with Gasteiger partial charge in [-0.05, 0) is 12.1 Å². The van der Waals surface area contributed by atoms with Crippen molar-refractivity contribution in [2.75, 3.05) is 5.32 Å². The Bertz CT molecular complexity index is 795. The van der Waals surface area contributed by atoms with Crippen LogP contribution in [0.4, 0.5) is 5.69 Å². The SMILES string of the molecule is CC(=O)Nc1cc(-c2ccccc2Cl)cn2ccnc12. The smallest absolute Gasteiger partial charge is 0.221 e. The molecule has 0 radical (unpaired) electrons. The van der Waals surface area contributed by atoms with E-state index in [1.54, 1.807) is 6.20 Å². The van der Waals surface area contributed by atoms with Crippen molar-refractivity contribution in [3.8, 4) is 11.1 Å². The number of benzene rings is 1. The van der Waals surface area contributed by atoms with E-state index < -0.39 is 0 Å². The van der Waals surface area contributed by atoms with Gasteiger partial charge in [-0.1, -0.05) is 29.8 Å². The number of nitrogens with one attached hydrogen (secondary N) is 1. The summed E-state index contributed by atoms with van der Waals surface area (Å²) < 4.78 is 1.87. The molecule has 0 aliphatic rings. The first-order valence-electron chi connectivity index (χ1n) is 6.14. The number of pyridine rings is 1. The molecular weight excluding hydrogens is 274 g/mol. The minimum Gasteiger partial charge on any atom is -0.323 e. The first-order valence-corrected chi connectivity index (χ1v) is 6.52. The molecule has 2 heterocycles. The first kappa shape index (κ1) is 12.7. The molecule has 0 aliphatic carbocycles. The van der Waals surface area contributed by atoms with Crippen LogP contribution in [-0.4, -0.2) is 15.3 Å². The Morgan fingerprint density at radius 1 is 1.35 bits per heavy atom. The molecule has 0 atom stereocenters. The molecule has 0 spiro atoms. The Labute approximate surface area is 121 Å². The Hall–Kier alpha value is -2.33. The number of aromatic nitrogens is 2. The van der Waals surface area contributed by atoms with Crippen molar-refractivity contribution in [2.45, 2.75) is 6.92 Å². The van der Waals surface area contributed by atoms with E-state index in [1.165, 1.54) is 6.92 Å². The number of anilines is 1. The third-order valence-corrected chi connectivity index (χ3v) is 3.31. The zero-order valence-electron chi connectivity index (χ0n) is 10.8. The van der Waals surface area contributed by atoms with Crippen molar-refractivity contribution >= 4 is 28.8 Å². The summed E-state index contributed by atoms with van der Waals surface area (Å²) in [5, 5.41) is 3.47. The number of fused-ring (bicyclic) bond motifs is 1. The molecule has 4 nitrogen and oxygen atoms in total. The summed E-state index contributed by atoms with van der Waals surface area (Å²) >= 11 is 6.23. The first-order chi connectivity index (χ1) is 9.65. The lowest BCUT2D eigenvalue weighted by atomic mass is 10.1. The monoisotopic (exact) mass is 285 g/mol. The van der Waals surface area contributed by atoms with Gasteiger partial charge in [-0.15, -0.1) is 0 Å². The zero-order valence-corrected chi connectivity index (χ0v) is 11.6. The summed E-state index contributed by atoms with van der Waals surface area (Å²) in [6, 6.07) is 9.48. The fraction of sp³-hybridized carbons (Fsp3) is 0.0667. The van der Waals surface area contributed by atoms with Crippen molar-refractivity contribution < 1.29 is 4.79 Å². The largest absolute Gasteiger partial charge is 0.323 e. The third-order valence-electron chi connectivity index (χ3n) is 2.98. The summed E-state index contributed by atoms with van der Waals surface area (Å²) in [6.45, 7) is 1.47. The summed E-state index contributed by atoms with van der Waals surface area (Å²) in [5.41, 5.74) is 3.21. The van der Waals surface area contributed by atoms with Crippen molar-refractivity contribution in [1.82, 2.24) is 9.38 Å². The zero-order chi connectivity index (χ0) is 14.1. The van der Waals surface area contributed by atoms with E-state index in [0.29, 0.717) is 16.4 Å². The Morgan fingerprint density at radius 2 is 2.15 bits per heavy atom. The van der Waals surface area contributed by atoms with E-state index in [9.17, 15) is 4.79 Å². The predicted molar refractivity (Wildman–Crippen MR) is 79.9 cm³/mol. The molecule has 100 valence electrons. The van der Waals surface area contributed by atoms with Crippen LogP contribution in [0.15, 0.2) is 48.9 Å². The number of rotatable bonds is 2. The Kier molecular flexibility index (Phi) is 3.16. The fourth-order valence-corrected chi connectivity index (χ4v) is 2.40. The molecule has 2 aromatic heterocycles. The molecule has 0 unspecified atom stereocenters. The average Bonchev–Trinajstić information content (AvgIpc) is 2.87. The van der Waals surface area contributed by atoms with Gasteiger partial charge in [-0.25, -0.2) is 4.98 Å². The van der Waals surface area contributed by atoms with Crippen LogP contribution in [0.25, 0.3) is 16.8 Å². The lowest BCUT2D eigenvalue weighted by Crippen LogP contribution is -2.07. The number of nitrogens with zero attached hydrogens (tertiary/aromatic N) is 2. The van der Waals surface area contributed by atoms with E-state index in [-0.39, 0.29) is 5.91 Å². The maximum absolute atomic E-state index is 11.3. The van der Waals surface area contributed by atoms with Gasteiger partial charge in [0, 0.05) is 41.7 Å². The molecule has 20 heavy (non-hydrogen) atoms. The molecule has 3 aromatic rings. The molecule has 3 rings (SSSR count). The highest BCUT2D eigenvalue weighted by atomic mass is 35.5. The van der Waals surface area contributed by atoms with Crippen LogP contribution in [0.3, 0.4) is 0 Å². The molecule has 0 bridgehead atoms. The number of carbonyl (C=O) groups is 1. The van der Waals surface area contributed by atoms with Crippen LogP contribution in [0.5, 0.6) is 0 Å². The van der Waals surface area contributed by atoms with Gasteiger partial charge in [0.05, 0.1) is 5.69 Å². The van der Waals surface area contributed by atoms with Gasteiger partial charge in [0.1, 0.15) is 0 Å². The highest BCUT2D eigenvalue weighted by Gasteiger charge is 2.10. The molecule has 1 aromatic carbocycles. The maximum Gasteiger partial charge on any atom is 0.221 e. The second kappa shape index (κ2) is 4.98. The van der Waals surface area contributed by atoms with Gasteiger partial charge in [0.15, 0.2) is 5.65 Å². The van der Waals surface area contributed by atoms with Gasteiger partial charge in [0.2, 0.25) is 5.91 Å². The second-order valence-corrected chi connectivity index (χ2v) is 4.87. The average molecular weight is 286 g/mol. The van der Waals surface area contributed by atoms with E-state index >= 15 is 0 Å². The summed E-state index contributed by atoms with van der Waals surface area (Å²) in [7, 11) is 0. The third kappa shape index (κ3) is 2.26. The second-order valence-electron chi connectivity index (χ2n) is 4.46. The predicted octanol–water partition coefficient (Wildman–Crippen LogP) is 3.61. The topological polar surface area (TPSA) is 46.4 Å². The number of hydrogen-bond acceptors (Lipinski definition) is 2. The molecule has 0 saturated heterocycles. The van der Waals surface area contributed by atoms with Crippen molar-refractivity contribution in [2.24, 2.45) is 0 Å².